The van der Waals surface area contributed by atoms with E-state index in [1.807, 2.05) is 20.8 Å². The molecule has 0 spiro atoms. The first-order chi connectivity index (χ1) is 9.88. The second kappa shape index (κ2) is 7.77. The molecule has 0 aliphatic heterocycles. The van der Waals surface area contributed by atoms with Gasteiger partial charge >= 0.3 is 0 Å². The predicted octanol–water partition coefficient (Wildman–Crippen LogP) is 2.27. The molecule has 6 heteroatoms. The van der Waals surface area contributed by atoms with E-state index in [2.05, 4.69) is 4.72 Å². The molecule has 5 nitrogen and oxygen atoms in total. The first kappa shape index (κ1) is 17.9. The summed E-state index contributed by atoms with van der Waals surface area (Å²) in [6, 6.07) is 6.64. The molecule has 0 amide bonds. The first-order valence-electron chi connectivity index (χ1n) is 7.39. The number of para-hydroxylation sites is 1. The summed E-state index contributed by atoms with van der Waals surface area (Å²) in [7, 11) is -3.55. The van der Waals surface area contributed by atoms with E-state index in [0.717, 1.165) is 19.3 Å². The van der Waals surface area contributed by atoms with Crippen LogP contribution in [0.4, 0.5) is 0 Å². The highest BCUT2D eigenvalue weighted by Crippen LogP contribution is 2.24. The van der Waals surface area contributed by atoms with Crippen LogP contribution in [0.25, 0.3) is 0 Å². The minimum atomic E-state index is -3.55. The molecule has 1 rings (SSSR count). The van der Waals surface area contributed by atoms with E-state index in [0.29, 0.717) is 18.9 Å². The fourth-order valence-electron chi connectivity index (χ4n) is 1.78. The van der Waals surface area contributed by atoms with Crippen LogP contribution in [-0.2, 0) is 10.0 Å². The number of rotatable bonds is 9. The first-order valence-corrected chi connectivity index (χ1v) is 8.87. The van der Waals surface area contributed by atoms with Crippen molar-refractivity contribution in [3.8, 4) is 5.75 Å². The summed E-state index contributed by atoms with van der Waals surface area (Å²) in [5.41, 5.74) is 5.76. The number of nitrogens with one attached hydrogen (secondary N) is 1. The Morgan fingerprint density at radius 3 is 2.38 bits per heavy atom. The molecule has 0 aliphatic carbocycles. The highest BCUT2D eigenvalue weighted by molar-refractivity contribution is 7.89. The van der Waals surface area contributed by atoms with Crippen molar-refractivity contribution in [2.45, 2.75) is 50.5 Å². The Balaban J connectivity index is 2.95. The maximum Gasteiger partial charge on any atom is 0.244 e. The van der Waals surface area contributed by atoms with Crippen LogP contribution in [0, 0.1) is 0 Å². The average molecular weight is 314 g/mol. The molecule has 1 aromatic rings. The minimum Gasteiger partial charge on any atom is -0.490 e. The quantitative estimate of drug-likeness (QED) is 0.732. The Hall–Kier alpha value is -1.11. The van der Waals surface area contributed by atoms with Gasteiger partial charge in [0.05, 0.1) is 0 Å². The smallest absolute Gasteiger partial charge is 0.244 e. The predicted molar refractivity (Wildman–Crippen MR) is 84.9 cm³/mol. The van der Waals surface area contributed by atoms with E-state index in [1.165, 1.54) is 0 Å². The van der Waals surface area contributed by atoms with Crippen molar-refractivity contribution in [2.24, 2.45) is 5.73 Å². The molecule has 1 aromatic carbocycles. The van der Waals surface area contributed by atoms with E-state index in [4.69, 9.17) is 10.5 Å². The van der Waals surface area contributed by atoms with Crippen LogP contribution in [0.5, 0.6) is 5.75 Å². The summed E-state index contributed by atoms with van der Waals surface area (Å²) in [6.45, 7) is 6.61. The Kier molecular flexibility index (Phi) is 6.64. The van der Waals surface area contributed by atoms with Gasteiger partial charge in [0.1, 0.15) is 17.3 Å². The van der Waals surface area contributed by atoms with Crippen LogP contribution in [0.3, 0.4) is 0 Å². The molecular weight excluding hydrogens is 288 g/mol. The highest BCUT2D eigenvalue weighted by atomic mass is 32.2. The lowest BCUT2D eigenvalue weighted by atomic mass is 9.96. The monoisotopic (exact) mass is 314 g/mol. The van der Waals surface area contributed by atoms with Gasteiger partial charge < -0.3 is 10.5 Å². The number of hydrogen-bond acceptors (Lipinski definition) is 4. The van der Waals surface area contributed by atoms with Crippen molar-refractivity contribution >= 4 is 10.0 Å². The SMILES string of the molecule is CCCNS(=O)(=O)c1ccccc1OCC(N)(CC)CC. The van der Waals surface area contributed by atoms with Crippen molar-refractivity contribution in [3.05, 3.63) is 24.3 Å². The Morgan fingerprint density at radius 1 is 1.19 bits per heavy atom. The number of benzene rings is 1. The van der Waals surface area contributed by atoms with Gasteiger partial charge in [-0.05, 0) is 31.4 Å². The normalized spacial score (nSPS) is 12.4. The molecule has 0 aliphatic rings. The Bertz CT molecular complexity index is 540. The fourth-order valence-corrected chi connectivity index (χ4v) is 3.06. The molecule has 21 heavy (non-hydrogen) atoms. The van der Waals surface area contributed by atoms with Gasteiger partial charge in [0.25, 0.3) is 0 Å². The van der Waals surface area contributed by atoms with Crippen LogP contribution in [0.2, 0.25) is 0 Å². The molecule has 120 valence electrons. The van der Waals surface area contributed by atoms with Gasteiger partial charge in [-0.25, -0.2) is 13.1 Å². The third kappa shape index (κ3) is 4.98. The van der Waals surface area contributed by atoms with Crippen molar-refractivity contribution in [3.63, 3.8) is 0 Å². The van der Waals surface area contributed by atoms with E-state index in [1.54, 1.807) is 24.3 Å². The van der Waals surface area contributed by atoms with Gasteiger partial charge in [0.15, 0.2) is 0 Å². The average Bonchev–Trinajstić information content (AvgIpc) is 2.51. The van der Waals surface area contributed by atoms with E-state index >= 15 is 0 Å². The summed E-state index contributed by atoms with van der Waals surface area (Å²) >= 11 is 0. The topological polar surface area (TPSA) is 81.4 Å². The zero-order valence-electron chi connectivity index (χ0n) is 13.1. The molecule has 0 bridgehead atoms. The summed E-state index contributed by atoms with van der Waals surface area (Å²) in [5, 5.41) is 0. The van der Waals surface area contributed by atoms with Gasteiger partial charge in [-0.3, -0.25) is 0 Å². The van der Waals surface area contributed by atoms with Crippen molar-refractivity contribution < 1.29 is 13.2 Å². The van der Waals surface area contributed by atoms with Crippen LogP contribution in [0.1, 0.15) is 40.0 Å². The fraction of sp³-hybridized carbons (Fsp3) is 0.600. The molecule has 0 saturated carbocycles. The van der Waals surface area contributed by atoms with Crippen LogP contribution in [-0.4, -0.2) is 27.1 Å². The van der Waals surface area contributed by atoms with Gasteiger partial charge in [-0.1, -0.05) is 32.9 Å². The lowest BCUT2D eigenvalue weighted by Crippen LogP contribution is -2.44. The van der Waals surface area contributed by atoms with Gasteiger partial charge in [0.2, 0.25) is 10.0 Å². The standard InChI is InChI=1S/C15H26N2O3S/c1-4-11-17-21(18,19)14-10-8-7-9-13(14)20-12-15(16,5-2)6-3/h7-10,17H,4-6,11-12,16H2,1-3H3. The lowest BCUT2D eigenvalue weighted by molar-refractivity contribution is 0.203. The largest absolute Gasteiger partial charge is 0.490 e. The zero-order chi connectivity index (χ0) is 15.9. The van der Waals surface area contributed by atoms with Crippen molar-refractivity contribution in [2.75, 3.05) is 13.2 Å². The molecule has 0 fully saturated rings. The molecule has 0 atom stereocenters. The molecule has 0 unspecified atom stereocenters. The zero-order valence-corrected chi connectivity index (χ0v) is 13.9. The summed E-state index contributed by atoms with van der Waals surface area (Å²) in [5.74, 6) is 0.345. The molecule has 0 heterocycles. The molecule has 3 N–H and O–H groups in total. The maximum absolute atomic E-state index is 12.3. The van der Waals surface area contributed by atoms with Gasteiger partial charge in [0, 0.05) is 12.1 Å². The second-order valence-corrected chi connectivity index (χ2v) is 6.94. The number of hydrogen-bond donors (Lipinski definition) is 2. The van der Waals surface area contributed by atoms with Crippen LogP contribution in [0.15, 0.2) is 29.2 Å². The lowest BCUT2D eigenvalue weighted by Gasteiger charge is -2.27. The summed E-state index contributed by atoms with van der Waals surface area (Å²) < 4.78 is 32.8. The third-order valence-corrected chi connectivity index (χ3v) is 5.10. The van der Waals surface area contributed by atoms with Crippen molar-refractivity contribution in [1.82, 2.24) is 4.72 Å². The summed E-state index contributed by atoms with van der Waals surface area (Å²) in [4.78, 5) is 0.160. The second-order valence-electron chi connectivity index (χ2n) is 5.20. The number of sulfonamides is 1. The van der Waals surface area contributed by atoms with E-state index in [-0.39, 0.29) is 4.90 Å². The number of nitrogens with two attached hydrogens (primary N) is 1. The summed E-state index contributed by atoms with van der Waals surface area (Å²) in [6.07, 6.45) is 2.28. The van der Waals surface area contributed by atoms with Gasteiger partial charge in [-0.2, -0.15) is 0 Å². The minimum absolute atomic E-state index is 0.160. The van der Waals surface area contributed by atoms with E-state index in [9.17, 15) is 8.42 Å². The van der Waals surface area contributed by atoms with Gasteiger partial charge in [-0.15, -0.1) is 0 Å². The van der Waals surface area contributed by atoms with Crippen molar-refractivity contribution in [1.29, 1.82) is 0 Å². The molecule has 0 radical (unpaired) electrons. The molecular formula is C15H26N2O3S. The van der Waals surface area contributed by atoms with Crippen LogP contribution < -0.4 is 15.2 Å². The number of ether oxygens (including phenoxy) is 1. The maximum atomic E-state index is 12.3. The third-order valence-electron chi connectivity index (χ3n) is 3.60. The molecule has 0 aromatic heterocycles. The van der Waals surface area contributed by atoms with Crippen LogP contribution >= 0.6 is 0 Å². The molecule has 0 saturated heterocycles. The Labute approximate surface area is 127 Å². The van der Waals surface area contributed by atoms with E-state index < -0.39 is 15.6 Å². The highest BCUT2D eigenvalue weighted by Gasteiger charge is 2.24. The Morgan fingerprint density at radius 2 is 1.81 bits per heavy atom.